The van der Waals surface area contributed by atoms with Crippen molar-refractivity contribution in [2.75, 3.05) is 18.6 Å². The third-order valence-corrected chi connectivity index (χ3v) is 5.90. The van der Waals surface area contributed by atoms with Gasteiger partial charge in [-0.3, -0.25) is 4.79 Å². The van der Waals surface area contributed by atoms with Crippen LogP contribution in [0.1, 0.15) is 23.2 Å². The van der Waals surface area contributed by atoms with Gasteiger partial charge in [-0.1, -0.05) is 18.2 Å². The second-order valence-electron chi connectivity index (χ2n) is 7.30. The molecule has 0 saturated heterocycles. The maximum Gasteiger partial charge on any atom is 0.230 e. The molecule has 0 bridgehead atoms. The van der Waals surface area contributed by atoms with Gasteiger partial charge in [-0.2, -0.15) is 0 Å². The first kappa shape index (κ1) is 15.5. The Bertz CT molecular complexity index is 1000. The summed E-state index contributed by atoms with van der Waals surface area (Å²) < 4.78 is 5.39. The molecule has 2 aromatic carbocycles. The van der Waals surface area contributed by atoms with Gasteiger partial charge in [0.25, 0.3) is 0 Å². The number of nitrogens with one attached hydrogen (secondary N) is 1. The fourth-order valence-electron chi connectivity index (χ4n) is 4.52. The number of H-pyrrole nitrogens is 1. The minimum absolute atomic E-state index is 0.0545. The third-order valence-electron chi connectivity index (χ3n) is 5.90. The number of aryl methyl sites for hydroxylation is 1. The topological polar surface area (TPSA) is 45.3 Å². The zero-order chi connectivity index (χ0) is 17.7. The molecule has 2 aliphatic rings. The predicted octanol–water partition coefficient (Wildman–Crippen LogP) is 3.87. The van der Waals surface area contributed by atoms with Crippen LogP contribution < -0.4 is 9.64 Å². The summed E-state index contributed by atoms with van der Waals surface area (Å²) in [6, 6.07) is 14.4. The van der Waals surface area contributed by atoms with Gasteiger partial charge in [0.2, 0.25) is 5.91 Å². The fourth-order valence-corrected chi connectivity index (χ4v) is 4.52. The molecule has 0 saturated carbocycles. The van der Waals surface area contributed by atoms with Crippen molar-refractivity contribution in [3.8, 4) is 5.75 Å². The lowest BCUT2D eigenvalue weighted by molar-refractivity contribution is -0.122. The van der Waals surface area contributed by atoms with Crippen LogP contribution in [0.3, 0.4) is 0 Å². The highest BCUT2D eigenvalue weighted by Crippen LogP contribution is 2.36. The zero-order valence-electron chi connectivity index (χ0n) is 14.9. The summed E-state index contributed by atoms with van der Waals surface area (Å²) in [5.74, 6) is 1.19. The first-order chi connectivity index (χ1) is 12.7. The van der Waals surface area contributed by atoms with Crippen molar-refractivity contribution in [1.82, 2.24) is 4.98 Å². The molecule has 0 fully saturated rings. The Kier molecular flexibility index (Phi) is 3.52. The highest BCUT2D eigenvalue weighted by molar-refractivity contribution is 5.98. The molecule has 1 aromatic heterocycles. The van der Waals surface area contributed by atoms with Gasteiger partial charge in [0.1, 0.15) is 5.75 Å². The standard InChI is InChI=1S/C22H22N2O2/c1-26-16-7-9-20-18(13-16)17-12-15(6-8-19(17)23-20)22(25)24-11-10-14-4-2-3-5-21(14)24/h2-5,7,9,13,15,23H,6,8,10-12H2,1H3. The van der Waals surface area contributed by atoms with Crippen molar-refractivity contribution < 1.29 is 9.53 Å². The quantitative estimate of drug-likeness (QED) is 0.765. The van der Waals surface area contributed by atoms with Crippen molar-refractivity contribution in [2.45, 2.75) is 25.7 Å². The minimum Gasteiger partial charge on any atom is -0.497 e. The Labute approximate surface area is 152 Å². The monoisotopic (exact) mass is 346 g/mol. The predicted molar refractivity (Wildman–Crippen MR) is 103 cm³/mol. The van der Waals surface area contributed by atoms with E-state index < -0.39 is 0 Å². The van der Waals surface area contributed by atoms with E-state index in [2.05, 4.69) is 35.3 Å². The highest BCUT2D eigenvalue weighted by atomic mass is 16.5. The van der Waals surface area contributed by atoms with Crippen molar-refractivity contribution in [1.29, 1.82) is 0 Å². The number of anilines is 1. The first-order valence-electron chi connectivity index (χ1n) is 9.31. The molecule has 1 aliphatic carbocycles. The number of carbonyl (C=O) groups excluding carboxylic acids is 1. The average molecular weight is 346 g/mol. The molecule has 0 spiro atoms. The van der Waals surface area contributed by atoms with E-state index in [1.165, 1.54) is 22.2 Å². The average Bonchev–Trinajstić information content (AvgIpc) is 3.27. The number of hydrogen-bond donors (Lipinski definition) is 1. The Morgan fingerprint density at radius 1 is 1.19 bits per heavy atom. The van der Waals surface area contributed by atoms with Crippen LogP contribution in [0.4, 0.5) is 5.69 Å². The molecule has 132 valence electrons. The number of amides is 1. The molecule has 1 atom stereocenters. The lowest BCUT2D eigenvalue weighted by atomic mass is 9.85. The van der Waals surface area contributed by atoms with Gasteiger partial charge in [-0.25, -0.2) is 0 Å². The number of aromatic nitrogens is 1. The van der Waals surface area contributed by atoms with Gasteiger partial charge in [0.05, 0.1) is 7.11 Å². The van der Waals surface area contributed by atoms with Gasteiger partial charge in [0.15, 0.2) is 0 Å². The van der Waals surface area contributed by atoms with Gasteiger partial charge in [-0.15, -0.1) is 0 Å². The lowest BCUT2D eigenvalue weighted by Gasteiger charge is -2.27. The molecule has 2 heterocycles. The summed E-state index contributed by atoms with van der Waals surface area (Å²) in [6.07, 6.45) is 3.61. The third kappa shape index (κ3) is 2.32. The van der Waals surface area contributed by atoms with Gasteiger partial charge in [0, 0.05) is 34.7 Å². The molecule has 1 unspecified atom stereocenters. The second kappa shape index (κ2) is 5.90. The van der Waals surface area contributed by atoms with Crippen LogP contribution in [0.2, 0.25) is 0 Å². The molecular formula is C22H22N2O2. The van der Waals surface area contributed by atoms with E-state index in [1.54, 1.807) is 7.11 Å². The van der Waals surface area contributed by atoms with E-state index in [0.717, 1.165) is 49.2 Å². The van der Waals surface area contributed by atoms with Crippen molar-refractivity contribution in [3.63, 3.8) is 0 Å². The molecule has 4 heteroatoms. The first-order valence-corrected chi connectivity index (χ1v) is 9.31. The summed E-state index contributed by atoms with van der Waals surface area (Å²) in [5.41, 5.74) is 6.09. The molecular weight excluding hydrogens is 324 g/mol. The largest absolute Gasteiger partial charge is 0.497 e. The van der Waals surface area contributed by atoms with Gasteiger partial charge >= 0.3 is 0 Å². The van der Waals surface area contributed by atoms with Gasteiger partial charge < -0.3 is 14.6 Å². The summed E-state index contributed by atoms with van der Waals surface area (Å²) in [5, 5.41) is 1.19. The summed E-state index contributed by atoms with van der Waals surface area (Å²) in [6.45, 7) is 0.809. The van der Waals surface area contributed by atoms with Crippen molar-refractivity contribution in [2.24, 2.45) is 5.92 Å². The number of para-hydroxylation sites is 1. The van der Waals surface area contributed by atoms with E-state index in [1.807, 2.05) is 17.0 Å². The molecule has 4 nitrogen and oxygen atoms in total. The van der Waals surface area contributed by atoms with E-state index in [0.29, 0.717) is 0 Å². The Balaban J connectivity index is 1.46. The number of rotatable bonds is 2. The van der Waals surface area contributed by atoms with Crippen LogP contribution in [0.15, 0.2) is 42.5 Å². The van der Waals surface area contributed by atoms with E-state index in [-0.39, 0.29) is 11.8 Å². The number of ether oxygens (including phenoxy) is 1. The van der Waals surface area contributed by atoms with E-state index in [4.69, 9.17) is 4.74 Å². The molecule has 1 amide bonds. The number of aromatic amines is 1. The zero-order valence-corrected chi connectivity index (χ0v) is 14.9. The van der Waals surface area contributed by atoms with Crippen LogP contribution >= 0.6 is 0 Å². The smallest absolute Gasteiger partial charge is 0.230 e. The molecule has 26 heavy (non-hydrogen) atoms. The number of hydrogen-bond acceptors (Lipinski definition) is 2. The number of benzene rings is 2. The second-order valence-corrected chi connectivity index (χ2v) is 7.30. The number of nitrogens with zero attached hydrogens (tertiary/aromatic N) is 1. The Morgan fingerprint density at radius 3 is 2.96 bits per heavy atom. The van der Waals surface area contributed by atoms with Crippen LogP contribution in [-0.4, -0.2) is 24.5 Å². The number of methoxy groups -OCH3 is 1. The highest BCUT2D eigenvalue weighted by Gasteiger charge is 2.33. The molecule has 0 radical (unpaired) electrons. The molecule has 1 N–H and O–H groups in total. The number of fused-ring (bicyclic) bond motifs is 4. The van der Waals surface area contributed by atoms with Crippen LogP contribution in [-0.2, 0) is 24.1 Å². The SMILES string of the molecule is COc1ccc2[nH]c3c(c2c1)CC(C(=O)N1CCc2ccccc21)CC3. The summed E-state index contributed by atoms with van der Waals surface area (Å²) in [4.78, 5) is 18.8. The van der Waals surface area contributed by atoms with Crippen molar-refractivity contribution >= 4 is 22.5 Å². The van der Waals surface area contributed by atoms with Crippen molar-refractivity contribution in [3.05, 3.63) is 59.3 Å². The maximum absolute atomic E-state index is 13.2. The normalized spacial score (nSPS) is 18.7. The lowest BCUT2D eigenvalue weighted by Crippen LogP contribution is -2.37. The van der Waals surface area contributed by atoms with Gasteiger partial charge in [-0.05, 0) is 61.1 Å². The van der Waals surface area contributed by atoms with E-state index in [9.17, 15) is 4.79 Å². The molecule has 5 rings (SSSR count). The molecule has 1 aliphatic heterocycles. The fraction of sp³-hybridized carbons (Fsp3) is 0.318. The summed E-state index contributed by atoms with van der Waals surface area (Å²) in [7, 11) is 1.69. The van der Waals surface area contributed by atoms with Crippen LogP contribution in [0.25, 0.3) is 10.9 Å². The Morgan fingerprint density at radius 2 is 2.08 bits per heavy atom. The molecule has 3 aromatic rings. The maximum atomic E-state index is 13.2. The van der Waals surface area contributed by atoms with Crippen LogP contribution in [0, 0.1) is 5.92 Å². The minimum atomic E-state index is 0.0545. The van der Waals surface area contributed by atoms with Crippen LogP contribution in [0.5, 0.6) is 5.75 Å². The Hall–Kier alpha value is -2.75. The summed E-state index contributed by atoms with van der Waals surface area (Å²) >= 11 is 0. The number of carbonyl (C=O) groups is 1. The van der Waals surface area contributed by atoms with E-state index >= 15 is 0 Å².